The van der Waals surface area contributed by atoms with Crippen LogP contribution in [0.15, 0.2) is 47.4 Å². The average Bonchev–Trinajstić information content (AvgIpc) is 3.37. The molecule has 1 aliphatic heterocycles. The smallest absolute Gasteiger partial charge is 0.243 e. The van der Waals surface area contributed by atoms with Crippen molar-refractivity contribution in [3.8, 4) is 0 Å². The molecule has 1 aliphatic rings. The number of carbonyl (C=O) groups is 1. The lowest BCUT2D eigenvalue weighted by Crippen LogP contribution is -2.35. The first-order chi connectivity index (χ1) is 15.9. The number of anilines is 1. The second kappa shape index (κ2) is 8.85. The number of piperidine rings is 1. The molecule has 3 heterocycles. The third-order valence-corrected chi connectivity index (χ3v) is 8.86. The molecule has 0 saturated carbocycles. The van der Waals surface area contributed by atoms with E-state index in [0.29, 0.717) is 30.2 Å². The molecule has 5 rings (SSSR count). The number of benzene rings is 2. The lowest BCUT2D eigenvalue weighted by molar-refractivity contribution is -0.116. The summed E-state index contributed by atoms with van der Waals surface area (Å²) in [6.45, 7) is 1.13. The minimum Gasteiger partial charge on any atom is -0.331 e. The largest absolute Gasteiger partial charge is 0.331 e. The molecule has 1 amide bonds. The van der Waals surface area contributed by atoms with Crippen LogP contribution in [0.3, 0.4) is 0 Å². The first-order valence-corrected chi connectivity index (χ1v) is 13.3. The third-order valence-electron chi connectivity index (χ3n) is 6.01. The monoisotopic (exact) mass is 483 g/mol. The van der Waals surface area contributed by atoms with Crippen molar-refractivity contribution >= 4 is 53.6 Å². The highest BCUT2D eigenvalue weighted by Crippen LogP contribution is 2.26. The van der Waals surface area contributed by atoms with Crippen LogP contribution in [-0.2, 0) is 28.3 Å². The van der Waals surface area contributed by atoms with Crippen molar-refractivity contribution in [3.05, 3.63) is 48.3 Å². The molecule has 2 aromatic carbocycles. The maximum atomic E-state index is 13.0. The lowest BCUT2D eigenvalue weighted by atomic mass is 10.2. The van der Waals surface area contributed by atoms with E-state index in [1.54, 1.807) is 22.5 Å². The maximum absolute atomic E-state index is 13.0. The molecule has 8 nitrogen and oxygen atoms in total. The summed E-state index contributed by atoms with van der Waals surface area (Å²) in [5, 5.41) is 3.45. The number of amides is 1. The first kappa shape index (κ1) is 22.0. The predicted molar refractivity (Wildman–Crippen MR) is 130 cm³/mol. The zero-order valence-electron chi connectivity index (χ0n) is 18.3. The van der Waals surface area contributed by atoms with Gasteiger partial charge in [-0.15, -0.1) is 0 Å². The molecular formula is C23H25N5O3S2. The van der Waals surface area contributed by atoms with Crippen LogP contribution < -0.4 is 5.32 Å². The van der Waals surface area contributed by atoms with Gasteiger partial charge in [0.05, 0.1) is 26.1 Å². The van der Waals surface area contributed by atoms with E-state index < -0.39 is 10.0 Å². The second-order valence-corrected chi connectivity index (χ2v) is 11.2. The zero-order chi connectivity index (χ0) is 23.0. The number of rotatable bonds is 6. The predicted octanol–water partition coefficient (Wildman–Crippen LogP) is 3.93. The van der Waals surface area contributed by atoms with E-state index in [1.807, 2.05) is 35.9 Å². The number of aromatic nitrogens is 3. The van der Waals surface area contributed by atoms with Crippen LogP contribution in [-0.4, -0.2) is 46.3 Å². The Bertz CT molecular complexity index is 1400. The van der Waals surface area contributed by atoms with Crippen molar-refractivity contribution in [3.63, 3.8) is 0 Å². The molecule has 0 bridgehead atoms. The second-order valence-electron chi connectivity index (χ2n) is 8.24. The van der Waals surface area contributed by atoms with Gasteiger partial charge in [0.25, 0.3) is 0 Å². The summed E-state index contributed by atoms with van der Waals surface area (Å²) in [4.78, 5) is 21.8. The number of nitrogens with zero attached hydrogens (tertiary/aromatic N) is 4. The third kappa shape index (κ3) is 4.38. The Hall–Kier alpha value is -2.82. The van der Waals surface area contributed by atoms with Crippen molar-refractivity contribution in [2.75, 3.05) is 18.4 Å². The average molecular weight is 484 g/mol. The standard InChI is InChI=1S/C23H25N5O3S2/c1-27-19-10-9-16(33(30,31)28-13-5-2-6-14-28)15-18(19)24-21(27)11-12-22(29)26-23-25-17-7-3-4-8-20(17)32-23/h3-4,7-10,15H,2,5-6,11-14H2,1H3,(H,25,26,29). The highest BCUT2D eigenvalue weighted by atomic mass is 32.2. The van der Waals surface area contributed by atoms with Crippen LogP contribution in [0.5, 0.6) is 0 Å². The fraction of sp³-hybridized carbons (Fsp3) is 0.348. The number of imidazole rings is 1. The number of para-hydroxylation sites is 1. The first-order valence-electron chi connectivity index (χ1n) is 11.0. The molecular weight excluding hydrogens is 458 g/mol. The molecule has 0 aliphatic carbocycles. The summed E-state index contributed by atoms with van der Waals surface area (Å²) in [5.74, 6) is 0.603. The number of hydrogen-bond donors (Lipinski definition) is 1. The van der Waals surface area contributed by atoms with Crippen LogP contribution >= 0.6 is 11.3 Å². The molecule has 4 aromatic rings. The molecule has 172 valence electrons. The van der Waals surface area contributed by atoms with E-state index in [0.717, 1.165) is 40.8 Å². The molecule has 0 spiro atoms. The lowest BCUT2D eigenvalue weighted by Gasteiger charge is -2.25. The Labute approximate surface area is 196 Å². The molecule has 10 heteroatoms. The molecule has 0 atom stereocenters. The molecule has 2 aromatic heterocycles. The molecule has 0 unspecified atom stereocenters. The van der Waals surface area contributed by atoms with Gasteiger partial charge in [-0.1, -0.05) is 29.9 Å². The van der Waals surface area contributed by atoms with Gasteiger partial charge in [-0.3, -0.25) is 4.79 Å². The van der Waals surface area contributed by atoms with E-state index in [-0.39, 0.29) is 17.2 Å². The van der Waals surface area contributed by atoms with Crippen LogP contribution in [0.1, 0.15) is 31.5 Å². The molecule has 0 radical (unpaired) electrons. The normalized spacial score (nSPS) is 15.3. The van der Waals surface area contributed by atoms with Crippen LogP contribution in [0.25, 0.3) is 21.3 Å². The molecule has 1 N–H and O–H groups in total. The van der Waals surface area contributed by atoms with Crippen molar-refractivity contribution < 1.29 is 13.2 Å². The number of thiazole rings is 1. The van der Waals surface area contributed by atoms with Gasteiger partial charge < -0.3 is 9.88 Å². The van der Waals surface area contributed by atoms with E-state index in [2.05, 4.69) is 15.3 Å². The van der Waals surface area contributed by atoms with Crippen molar-refractivity contribution in [1.29, 1.82) is 0 Å². The quantitative estimate of drug-likeness (QED) is 0.448. The number of nitrogens with one attached hydrogen (secondary N) is 1. The zero-order valence-corrected chi connectivity index (χ0v) is 20.0. The summed E-state index contributed by atoms with van der Waals surface area (Å²) >= 11 is 1.44. The van der Waals surface area contributed by atoms with Crippen molar-refractivity contribution in [1.82, 2.24) is 18.8 Å². The summed E-state index contributed by atoms with van der Waals surface area (Å²) < 4.78 is 30.5. The Morgan fingerprint density at radius 3 is 2.64 bits per heavy atom. The van der Waals surface area contributed by atoms with Gasteiger partial charge in [-0.25, -0.2) is 18.4 Å². The van der Waals surface area contributed by atoms with Crippen LogP contribution in [0.4, 0.5) is 5.13 Å². The van der Waals surface area contributed by atoms with Crippen molar-refractivity contribution in [2.24, 2.45) is 7.05 Å². The number of hydrogen-bond acceptors (Lipinski definition) is 6. The SMILES string of the molecule is Cn1c(CCC(=O)Nc2nc3ccccc3s2)nc2cc(S(=O)(=O)N3CCCCC3)ccc21. The maximum Gasteiger partial charge on any atom is 0.243 e. The van der Waals surface area contributed by atoms with Gasteiger partial charge >= 0.3 is 0 Å². The summed E-state index contributed by atoms with van der Waals surface area (Å²) in [6, 6.07) is 12.8. The van der Waals surface area contributed by atoms with E-state index >= 15 is 0 Å². The van der Waals surface area contributed by atoms with Gasteiger partial charge in [0.15, 0.2) is 5.13 Å². The summed E-state index contributed by atoms with van der Waals surface area (Å²) in [5.41, 5.74) is 2.33. The van der Waals surface area contributed by atoms with Crippen molar-refractivity contribution in [2.45, 2.75) is 37.0 Å². The Morgan fingerprint density at radius 2 is 1.85 bits per heavy atom. The summed E-state index contributed by atoms with van der Waals surface area (Å²) in [7, 11) is -1.63. The van der Waals surface area contributed by atoms with Crippen LogP contribution in [0.2, 0.25) is 0 Å². The molecule has 1 saturated heterocycles. The number of carbonyl (C=O) groups excluding carboxylic acids is 1. The minimum absolute atomic E-state index is 0.130. The van der Waals surface area contributed by atoms with Gasteiger partial charge in [-0.2, -0.15) is 4.31 Å². The van der Waals surface area contributed by atoms with Gasteiger partial charge in [0.2, 0.25) is 15.9 Å². The molecule has 1 fully saturated rings. The highest BCUT2D eigenvalue weighted by molar-refractivity contribution is 7.89. The Kier molecular flexibility index (Phi) is 5.90. The summed E-state index contributed by atoms with van der Waals surface area (Å²) in [6.07, 6.45) is 3.56. The minimum atomic E-state index is -3.51. The van der Waals surface area contributed by atoms with Gasteiger partial charge in [0.1, 0.15) is 5.82 Å². The fourth-order valence-electron chi connectivity index (χ4n) is 4.20. The van der Waals surface area contributed by atoms with Gasteiger partial charge in [-0.05, 0) is 43.2 Å². The Balaban J connectivity index is 1.30. The highest BCUT2D eigenvalue weighted by Gasteiger charge is 2.26. The Morgan fingerprint density at radius 1 is 1.06 bits per heavy atom. The van der Waals surface area contributed by atoms with E-state index in [9.17, 15) is 13.2 Å². The molecule has 33 heavy (non-hydrogen) atoms. The van der Waals surface area contributed by atoms with E-state index in [1.165, 1.54) is 11.3 Å². The van der Waals surface area contributed by atoms with E-state index in [4.69, 9.17) is 0 Å². The number of sulfonamides is 1. The topological polar surface area (TPSA) is 97.2 Å². The number of fused-ring (bicyclic) bond motifs is 2. The fourth-order valence-corrected chi connectivity index (χ4v) is 6.62. The van der Waals surface area contributed by atoms with Gasteiger partial charge in [0, 0.05) is 33.0 Å². The van der Waals surface area contributed by atoms with Crippen LogP contribution in [0, 0.1) is 0 Å². The number of aryl methyl sites for hydroxylation is 2.